The smallest absolute Gasteiger partial charge is 0.0909 e. The second-order valence-electron chi connectivity index (χ2n) is 2.99. The van der Waals surface area contributed by atoms with Crippen molar-refractivity contribution >= 4 is 11.6 Å². The van der Waals surface area contributed by atoms with Crippen LogP contribution in [-0.4, -0.2) is 50.6 Å². The van der Waals surface area contributed by atoms with Crippen molar-refractivity contribution in [1.82, 2.24) is 4.90 Å². The third kappa shape index (κ3) is 2.45. The monoisotopic (exact) mass is 163 g/mol. The minimum absolute atomic E-state index is 0.805. The summed E-state index contributed by atoms with van der Waals surface area (Å²) in [5, 5.41) is 0. The van der Waals surface area contributed by atoms with Crippen LogP contribution in [0.2, 0.25) is 0 Å². The van der Waals surface area contributed by atoms with E-state index < -0.39 is 0 Å². The predicted molar refractivity (Wildman–Crippen MR) is 43.8 cm³/mol. The van der Waals surface area contributed by atoms with Gasteiger partial charge in [-0.05, 0) is 7.05 Å². The molecule has 2 nitrogen and oxygen atoms in total. The van der Waals surface area contributed by atoms with Crippen LogP contribution in [0.15, 0.2) is 0 Å². The largest absolute Gasteiger partial charge is 0.332 e. The molecule has 0 aromatic heterocycles. The average molecular weight is 164 g/mol. The fourth-order valence-electron chi connectivity index (χ4n) is 1.32. The Kier molecular flexibility index (Phi) is 3.46. The molecule has 10 heavy (non-hydrogen) atoms. The third-order valence-electron chi connectivity index (χ3n) is 2.14. The zero-order valence-electron chi connectivity index (χ0n) is 6.57. The first-order valence-corrected chi connectivity index (χ1v) is 4.44. The fraction of sp³-hybridized carbons (Fsp3) is 1.00. The molecule has 0 aromatic carbocycles. The normalized spacial score (nSPS) is 23.4. The van der Waals surface area contributed by atoms with Gasteiger partial charge in [0.25, 0.3) is 0 Å². The maximum Gasteiger partial charge on any atom is 0.0909 e. The van der Waals surface area contributed by atoms with Gasteiger partial charge in [0.15, 0.2) is 0 Å². The van der Waals surface area contributed by atoms with Crippen LogP contribution < -0.4 is 4.90 Å². The topological polar surface area (TPSA) is 7.68 Å². The van der Waals surface area contributed by atoms with E-state index in [0.29, 0.717) is 0 Å². The molecule has 1 heterocycles. The Bertz CT molecular complexity index is 89.6. The number of halogens is 1. The lowest BCUT2D eigenvalue weighted by Gasteiger charge is -2.28. The van der Waals surface area contributed by atoms with Gasteiger partial charge in [0, 0.05) is 13.1 Å². The summed E-state index contributed by atoms with van der Waals surface area (Å²) in [6, 6.07) is 0. The van der Waals surface area contributed by atoms with Crippen molar-refractivity contribution < 1.29 is 4.90 Å². The van der Waals surface area contributed by atoms with Crippen LogP contribution in [0.1, 0.15) is 0 Å². The number of rotatable bonds is 2. The van der Waals surface area contributed by atoms with Crippen molar-refractivity contribution in [1.29, 1.82) is 0 Å². The zero-order chi connectivity index (χ0) is 7.40. The number of quaternary nitrogens is 1. The van der Waals surface area contributed by atoms with E-state index in [4.69, 9.17) is 11.6 Å². The molecule has 1 N–H and O–H groups in total. The van der Waals surface area contributed by atoms with Crippen molar-refractivity contribution in [2.75, 3.05) is 45.7 Å². The Morgan fingerprint density at radius 2 is 2.00 bits per heavy atom. The highest BCUT2D eigenvalue weighted by molar-refractivity contribution is 6.17. The average Bonchev–Trinajstić information content (AvgIpc) is 1.95. The molecule has 1 aliphatic rings. The molecule has 0 spiro atoms. The van der Waals surface area contributed by atoms with E-state index in [-0.39, 0.29) is 0 Å². The summed E-state index contributed by atoms with van der Waals surface area (Å²) in [5.74, 6) is 0.805. The Hall–Kier alpha value is 0.210. The molecule has 0 aliphatic carbocycles. The van der Waals surface area contributed by atoms with Gasteiger partial charge in [0.1, 0.15) is 0 Å². The van der Waals surface area contributed by atoms with Crippen LogP contribution in [0.5, 0.6) is 0 Å². The number of hydrogen-bond donors (Lipinski definition) is 1. The number of hydrogen-bond acceptors (Lipinski definition) is 1. The van der Waals surface area contributed by atoms with Gasteiger partial charge in [-0.25, -0.2) is 0 Å². The van der Waals surface area contributed by atoms with Crippen molar-refractivity contribution in [2.24, 2.45) is 0 Å². The SMILES string of the molecule is CN1CC[NH+](CCCl)CC1. The molecule has 0 bridgehead atoms. The first-order chi connectivity index (χ1) is 4.83. The third-order valence-corrected chi connectivity index (χ3v) is 2.33. The Balaban J connectivity index is 2.13. The van der Waals surface area contributed by atoms with E-state index >= 15 is 0 Å². The lowest BCUT2D eigenvalue weighted by molar-refractivity contribution is -0.902. The molecule has 0 unspecified atom stereocenters. The van der Waals surface area contributed by atoms with Gasteiger partial charge in [-0.1, -0.05) is 0 Å². The summed E-state index contributed by atoms with van der Waals surface area (Å²) in [4.78, 5) is 4.03. The molecule has 1 rings (SSSR count). The summed E-state index contributed by atoms with van der Waals surface area (Å²) in [6.07, 6.45) is 0. The molecule has 60 valence electrons. The lowest BCUT2D eigenvalue weighted by atomic mass is 10.3. The molecule has 0 aromatic rings. The predicted octanol–water partition coefficient (Wildman–Crippen LogP) is -0.944. The van der Waals surface area contributed by atoms with Crippen LogP contribution >= 0.6 is 11.6 Å². The van der Waals surface area contributed by atoms with E-state index in [1.165, 1.54) is 26.2 Å². The molecule has 0 amide bonds. The van der Waals surface area contributed by atoms with E-state index in [1.54, 1.807) is 4.90 Å². The van der Waals surface area contributed by atoms with Gasteiger partial charge in [-0.2, -0.15) is 0 Å². The first kappa shape index (κ1) is 8.31. The number of alkyl halides is 1. The number of piperazine rings is 1. The lowest BCUT2D eigenvalue weighted by Crippen LogP contribution is -3.15. The van der Waals surface area contributed by atoms with E-state index in [2.05, 4.69) is 11.9 Å². The van der Waals surface area contributed by atoms with E-state index in [9.17, 15) is 0 Å². The van der Waals surface area contributed by atoms with Gasteiger partial charge in [-0.3, -0.25) is 4.90 Å². The minimum Gasteiger partial charge on any atom is -0.332 e. The Labute approximate surface area is 67.7 Å². The highest BCUT2D eigenvalue weighted by Gasteiger charge is 2.15. The van der Waals surface area contributed by atoms with Gasteiger partial charge in [0.05, 0.1) is 25.5 Å². The number of nitrogens with one attached hydrogen (secondary N) is 1. The van der Waals surface area contributed by atoms with Crippen LogP contribution in [-0.2, 0) is 0 Å². The summed E-state index contributed by atoms with van der Waals surface area (Å²) in [7, 11) is 2.18. The van der Waals surface area contributed by atoms with Gasteiger partial charge in [-0.15, -0.1) is 11.6 Å². The summed E-state index contributed by atoms with van der Waals surface area (Å²) < 4.78 is 0. The van der Waals surface area contributed by atoms with Gasteiger partial charge in [0.2, 0.25) is 0 Å². The highest BCUT2D eigenvalue weighted by atomic mass is 35.5. The molecular formula is C7H16ClN2+. The molecule has 0 saturated carbocycles. The molecule has 0 radical (unpaired) electrons. The van der Waals surface area contributed by atoms with Crippen molar-refractivity contribution in [2.45, 2.75) is 0 Å². The Morgan fingerprint density at radius 3 is 2.50 bits per heavy atom. The minimum atomic E-state index is 0.805. The second-order valence-corrected chi connectivity index (χ2v) is 3.37. The van der Waals surface area contributed by atoms with Crippen molar-refractivity contribution in [3.05, 3.63) is 0 Å². The number of nitrogens with zero attached hydrogens (tertiary/aromatic N) is 1. The standard InChI is InChI=1S/C7H15ClN2/c1-9-4-6-10(3-2-8)7-5-9/h2-7H2,1H3/p+1. The molecule has 1 saturated heterocycles. The molecule has 0 atom stereocenters. The highest BCUT2D eigenvalue weighted by Crippen LogP contribution is 1.81. The van der Waals surface area contributed by atoms with Crippen molar-refractivity contribution in [3.8, 4) is 0 Å². The summed E-state index contributed by atoms with van der Waals surface area (Å²) in [6.45, 7) is 6.13. The Morgan fingerprint density at radius 1 is 1.40 bits per heavy atom. The van der Waals surface area contributed by atoms with Gasteiger partial charge >= 0.3 is 0 Å². The van der Waals surface area contributed by atoms with Crippen LogP contribution in [0.3, 0.4) is 0 Å². The fourth-order valence-corrected chi connectivity index (χ4v) is 1.59. The molecular weight excluding hydrogens is 148 g/mol. The van der Waals surface area contributed by atoms with Crippen LogP contribution in [0.4, 0.5) is 0 Å². The van der Waals surface area contributed by atoms with Crippen molar-refractivity contribution in [3.63, 3.8) is 0 Å². The van der Waals surface area contributed by atoms with Crippen LogP contribution in [0.25, 0.3) is 0 Å². The second kappa shape index (κ2) is 4.16. The first-order valence-electron chi connectivity index (χ1n) is 3.91. The number of likely N-dealkylation sites (N-methyl/N-ethyl adjacent to an activating group) is 1. The molecule has 1 aliphatic heterocycles. The van der Waals surface area contributed by atoms with E-state index in [1.807, 2.05) is 0 Å². The van der Waals surface area contributed by atoms with E-state index in [0.717, 1.165) is 12.4 Å². The quantitative estimate of drug-likeness (QED) is 0.517. The summed E-state index contributed by atoms with van der Waals surface area (Å²) >= 11 is 5.64. The molecule has 3 heteroatoms. The zero-order valence-corrected chi connectivity index (χ0v) is 7.32. The maximum atomic E-state index is 5.64. The maximum absolute atomic E-state index is 5.64. The van der Waals surface area contributed by atoms with Gasteiger partial charge < -0.3 is 4.90 Å². The summed E-state index contributed by atoms with van der Waals surface area (Å²) in [5.41, 5.74) is 0. The molecule has 1 fully saturated rings. The van der Waals surface area contributed by atoms with Crippen LogP contribution in [0, 0.1) is 0 Å².